The van der Waals surface area contributed by atoms with Gasteiger partial charge in [-0.1, -0.05) is 17.8 Å². The third-order valence-corrected chi connectivity index (χ3v) is 4.52. The Morgan fingerprint density at radius 1 is 0.964 bits per heavy atom. The number of aromatic nitrogens is 2. The van der Waals surface area contributed by atoms with Crippen LogP contribution in [-0.2, 0) is 9.59 Å². The average Bonchev–Trinajstić information content (AvgIpc) is 2.67. The number of carbonyl (C=O) groups is 2. The van der Waals surface area contributed by atoms with Gasteiger partial charge in [-0.3, -0.25) is 9.59 Å². The summed E-state index contributed by atoms with van der Waals surface area (Å²) in [4.78, 5) is 23.2. The normalized spacial score (nSPS) is 10.4. The lowest BCUT2D eigenvalue weighted by Gasteiger charge is -2.07. The molecular formula is C20H17FN4O2S. The van der Waals surface area contributed by atoms with Gasteiger partial charge >= 0.3 is 0 Å². The predicted octanol–water partition coefficient (Wildman–Crippen LogP) is 3.97. The summed E-state index contributed by atoms with van der Waals surface area (Å²) >= 11 is 1.25. The molecule has 0 aliphatic rings. The second-order valence-corrected chi connectivity index (χ2v) is 6.86. The molecule has 2 amide bonds. The number of halogens is 1. The van der Waals surface area contributed by atoms with E-state index < -0.39 is 0 Å². The molecule has 2 N–H and O–H groups in total. The standard InChI is InChI=1S/C20H17FN4O2S/c1-13(26)22-16-3-2-4-17(11-16)23-19(27)12-28-20-10-9-18(24-25-20)14-5-7-15(21)8-6-14/h2-11H,12H2,1H3,(H,22,26)(H,23,27). The van der Waals surface area contributed by atoms with Crippen molar-refractivity contribution in [1.82, 2.24) is 10.2 Å². The Kier molecular flexibility index (Phi) is 6.33. The van der Waals surface area contributed by atoms with Crippen molar-refractivity contribution in [3.8, 4) is 11.3 Å². The van der Waals surface area contributed by atoms with Gasteiger partial charge in [-0.15, -0.1) is 10.2 Å². The molecule has 0 unspecified atom stereocenters. The summed E-state index contributed by atoms with van der Waals surface area (Å²) in [6.45, 7) is 1.42. The third-order valence-electron chi connectivity index (χ3n) is 3.60. The van der Waals surface area contributed by atoms with E-state index in [2.05, 4.69) is 20.8 Å². The Bertz CT molecular complexity index is 978. The van der Waals surface area contributed by atoms with Crippen molar-refractivity contribution < 1.29 is 14.0 Å². The number of carbonyl (C=O) groups excluding carboxylic acids is 2. The van der Waals surface area contributed by atoms with Gasteiger partial charge in [-0.2, -0.15) is 0 Å². The van der Waals surface area contributed by atoms with Crippen molar-refractivity contribution in [3.05, 3.63) is 66.5 Å². The van der Waals surface area contributed by atoms with Crippen LogP contribution >= 0.6 is 11.8 Å². The number of rotatable bonds is 6. The van der Waals surface area contributed by atoms with E-state index in [1.54, 1.807) is 48.5 Å². The van der Waals surface area contributed by atoms with Gasteiger partial charge in [0.05, 0.1) is 11.4 Å². The molecule has 0 aliphatic carbocycles. The monoisotopic (exact) mass is 396 g/mol. The van der Waals surface area contributed by atoms with Crippen LogP contribution in [-0.4, -0.2) is 27.8 Å². The van der Waals surface area contributed by atoms with Gasteiger partial charge in [-0.05, 0) is 54.6 Å². The number of nitrogens with zero attached hydrogens (tertiary/aromatic N) is 2. The number of thioether (sulfide) groups is 1. The molecule has 1 aromatic heterocycles. The minimum atomic E-state index is -0.308. The van der Waals surface area contributed by atoms with E-state index in [0.29, 0.717) is 22.1 Å². The van der Waals surface area contributed by atoms with Crippen molar-refractivity contribution in [3.63, 3.8) is 0 Å². The molecule has 0 spiro atoms. The molecule has 8 heteroatoms. The van der Waals surface area contributed by atoms with Crippen LogP contribution in [0.2, 0.25) is 0 Å². The van der Waals surface area contributed by atoms with Crippen LogP contribution in [0.25, 0.3) is 11.3 Å². The fourth-order valence-corrected chi connectivity index (χ4v) is 3.00. The first-order valence-electron chi connectivity index (χ1n) is 8.39. The fourth-order valence-electron chi connectivity index (χ4n) is 2.39. The summed E-state index contributed by atoms with van der Waals surface area (Å²) in [5.74, 6) is -0.525. The van der Waals surface area contributed by atoms with Crippen molar-refractivity contribution in [2.45, 2.75) is 11.9 Å². The van der Waals surface area contributed by atoms with Crippen LogP contribution in [0.3, 0.4) is 0 Å². The first-order valence-corrected chi connectivity index (χ1v) is 9.38. The second kappa shape index (κ2) is 9.09. The van der Waals surface area contributed by atoms with E-state index in [1.165, 1.54) is 30.8 Å². The van der Waals surface area contributed by atoms with Crippen molar-refractivity contribution in [2.24, 2.45) is 0 Å². The topological polar surface area (TPSA) is 84.0 Å². The molecule has 142 valence electrons. The summed E-state index contributed by atoms with van der Waals surface area (Å²) in [6.07, 6.45) is 0. The maximum absolute atomic E-state index is 13.0. The van der Waals surface area contributed by atoms with Gasteiger partial charge in [-0.25, -0.2) is 4.39 Å². The number of hydrogen-bond donors (Lipinski definition) is 2. The highest BCUT2D eigenvalue weighted by molar-refractivity contribution is 7.99. The molecule has 3 rings (SSSR count). The molecule has 1 heterocycles. The molecule has 0 aliphatic heterocycles. The zero-order valence-electron chi connectivity index (χ0n) is 15.0. The number of hydrogen-bond acceptors (Lipinski definition) is 5. The van der Waals surface area contributed by atoms with Crippen LogP contribution in [0.15, 0.2) is 65.7 Å². The molecule has 2 aromatic carbocycles. The van der Waals surface area contributed by atoms with Crippen LogP contribution in [0.5, 0.6) is 0 Å². The lowest BCUT2D eigenvalue weighted by molar-refractivity contribution is -0.114. The largest absolute Gasteiger partial charge is 0.326 e. The first-order chi connectivity index (χ1) is 13.5. The molecule has 0 saturated heterocycles. The zero-order valence-corrected chi connectivity index (χ0v) is 15.8. The lowest BCUT2D eigenvalue weighted by Crippen LogP contribution is -2.14. The highest BCUT2D eigenvalue weighted by Crippen LogP contribution is 2.21. The van der Waals surface area contributed by atoms with E-state index in [4.69, 9.17) is 0 Å². The zero-order chi connectivity index (χ0) is 19.9. The first kappa shape index (κ1) is 19.5. The third kappa shape index (κ3) is 5.62. The summed E-state index contributed by atoms with van der Waals surface area (Å²) in [7, 11) is 0. The van der Waals surface area contributed by atoms with Crippen molar-refractivity contribution in [1.29, 1.82) is 0 Å². The Hall–Kier alpha value is -3.26. The summed E-state index contributed by atoms with van der Waals surface area (Å²) in [5.41, 5.74) is 2.60. The number of nitrogens with one attached hydrogen (secondary N) is 2. The highest BCUT2D eigenvalue weighted by atomic mass is 32.2. The summed E-state index contributed by atoms with van der Waals surface area (Å²) in [6, 6.07) is 16.4. The summed E-state index contributed by atoms with van der Waals surface area (Å²) in [5, 5.41) is 14.3. The highest BCUT2D eigenvalue weighted by Gasteiger charge is 2.07. The van der Waals surface area contributed by atoms with E-state index in [1.807, 2.05) is 0 Å². The number of anilines is 2. The van der Waals surface area contributed by atoms with E-state index in [9.17, 15) is 14.0 Å². The quantitative estimate of drug-likeness (QED) is 0.616. The summed E-state index contributed by atoms with van der Waals surface area (Å²) < 4.78 is 13.0. The average molecular weight is 396 g/mol. The Morgan fingerprint density at radius 2 is 1.68 bits per heavy atom. The molecule has 0 fully saturated rings. The van der Waals surface area contributed by atoms with Crippen molar-refractivity contribution in [2.75, 3.05) is 16.4 Å². The molecule has 6 nitrogen and oxygen atoms in total. The maximum Gasteiger partial charge on any atom is 0.234 e. The Morgan fingerprint density at radius 3 is 2.32 bits per heavy atom. The van der Waals surface area contributed by atoms with E-state index in [-0.39, 0.29) is 23.4 Å². The predicted molar refractivity (Wildman–Crippen MR) is 108 cm³/mol. The van der Waals surface area contributed by atoms with Gasteiger partial charge in [0.25, 0.3) is 0 Å². The molecule has 28 heavy (non-hydrogen) atoms. The van der Waals surface area contributed by atoms with Crippen LogP contribution < -0.4 is 10.6 Å². The fraction of sp³-hybridized carbons (Fsp3) is 0.100. The lowest BCUT2D eigenvalue weighted by atomic mass is 10.1. The molecule has 3 aromatic rings. The number of amides is 2. The second-order valence-electron chi connectivity index (χ2n) is 5.86. The van der Waals surface area contributed by atoms with E-state index in [0.717, 1.165) is 5.56 Å². The molecule has 0 atom stereocenters. The minimum Gasteiger partial charge on any atom is -0.326 e. The van der Waals surface area contributed by atoms with E-state index >= 15 is 0 Å². The molecule has 0 bridgehead atoms. The van der Waals surface area contributed by atoms with Gasteiger partial charge in [0.2, 0.25) is 11.8 Å². The van der Waals surface area contributed by atoms with Gasteiger partial charge < -0.3 is 10.6 Å². The molecule has 0 saturated carbocycles. The van der Waals surface area contributed by atoms with Gasteiger partial charge in [0.1, 0.15) is 10.8 Å². The Labute approximate surface area is 165 Å². The minimum absolute atomic E-state index is 0.162. The van der Waals surface area contributed by atoms with Gasteiger partial charge in [0.15, 0.2) is 0 Å². The van der Waals surface area contributed by atoms with Gasteiger partial charge in [0, 0.05) is 23.9 Å². The van der Waals surface area contributed by atoms with Crippen molar-refractivity contribution >= 4 is 35.0 Å². The maximum atomic E-state index is 13.0. The smallest absolute Gasteiger partial charge is 0.234 e. The number of benzene rings is 2. The van der Waals surface area contributed by atoms with Crippen LogP contribution in [0.1, 0.15) is 6.92 Å². The SMILES string of the molecule is CC(=O)Nc1cccc(NC(=O)CSc2ccc(-c3ccc(F)cc3)nn2)c1. The van der Waals surface area contributed by atoms with Crippen LogP contribution in [0, 0.1) is 5.82 Å². The molecule has 0 radical (unpaired) electrons. The Balaban J connectivity index is 1.54. The van der Waals surface area contributed by atoms with Crippen LogP contribution in [0.4, 0.5) is 15.8 Å². The molecular weight excluding hydrogens is 379 g/mol.